The molecule has 2 rings (SSSR count). The van der Waals surface area contributed by atoms with Gasteiger partial charge in [0.15, 0.2) is 0 Å². The zero-order chi connectivity index (χ0) is 12.3. The van der Waals surface area contributed by atoms with Gasteiger partial charge in [0.05, 0.1) is 6.61 Å². The maximum atomic E-state index is 12.3. The van der Waals surface area contributed by atoms with Crippen LogP contribution >= 0.6 is 12.4 Å². The average molecular weight is 277 g/mol. The van der Waals surface area contributed by atoms with Crippen molar-refractivity contribution in [3.05, 3.63) is 0 Å². The third-order valence-electron chi connectivity index (χ3n) is 3.85. The fraction of sp³-hybridized carbons (Fsp3) is 0.923. The Labute approximate surface area is 116 Å². The SMILES string of the molecule is CC1(C)CCCN(C(=O)C2CNCCO2)CC1.Cl. The second-order valence-electron chi connectivity index (χ2n) is 5.91. The summed E-state index contributed by atoms with van der Waals surface area (Å²) in [4.78, 5) is 14.3. The number of amides is 1. The number of carbonyl (C=O) groups is 1. The van der Waals surface area contributed by atoms with Gasteiger partial charge in [-0.25, -0.2) is 0 Å². The summed E-state index contributed by atoms with van der Waals surface area (Å²) in [7, 11) is 0. The minimum Gasteiger partial charge on any atom is -0.366 e. The van der Waals surface area contributed by atoms with Crippen LogP contribution in [0, 0.1) is 5.41 Å². The number of nitrogens with one attached hydrogen (secondary N) is 1. The molecular formula is C13H25ClN2O2. The Balaban J connectivity index is 0.00000162. The van der Waals surface area contributed by atoms with Crippen molar-refractivity contribution in [1.82, 2.24) is 10.2 Å². The van der Waals surface area contributed by atoms with E-state index in [0.29, 0.717) is 18.6 Å². The summed E-state index contributed by atoms with van der Waals surface area (Å²) in [5.74, 6) is 0.176. The van der Waals surface area contributed by atoms with Gasteiger partial charge in [0.25, 0.3) is 5.91 Å². The van der Waals surface area contributed by atoms with Gasteiger partial charge in [-0.05, 0) is 24.7 Å². The predicted octanol–water partition coefficient (Wildman–Crippen LogP) is 1.44. The Morgan fingerprint density at radius 2 is 2.11 bits per heavy atom. The van der Waals surface area contributed by atoms with E-state index in [9.17, 15) is 4.79 Å². The van der Waals surface area contributed by atoms with Crippen molar-refractivity contribution in [2.75, 3.05) is 32.8 Å². The average Bonchev–Trinajstić information content (AvgIpc) is 2.50. The van der Waals surface area contributed by atoms with Crippen LogP contribution in [0.1, 0.15) is 33.1 Å². The van der Waals surface area contributed by atoms with Crippen LogP contribution in [-0.4, -0.2) is 49.7 Å². The van der Waals surface area contributed by atoms with E-state index in [-0.39, 0.29) is 24.4 Å². The molecule has 4 nitrogen and oxygen atoms in total. The van der Waals surface area contributed by atoms with Crippen molar-refractivity contribution in [2.24, 2.45) is 5.41 Å². The molecule has 0 bridgehead atoms. The zero-order valence-corrected chi connectivity index (χ0v) is 12.2. The van der Waals surface area contributed by atoms with Crippen molar-refractivity contribution < 1.29 is 9.53 Å². The molecule has 0 aromatic heterocycles. The van der Waals surface area contributed by atoms with Gasteiger partial charge >= 0.3 is 0 Å². The molecule has 106 valence electrons. The molecule has 2 fully saturated rings. The number of halogens is 1. The molecule has 0 aliphatic carbocycles. The summed E-state index contributed by atoms with van der Waals surface area (Å²) in [5.41, 5.74) is 0.376. The van der Waals surface area contributed by atoms with Gasteiger partial charge in [0.1, 0.15) is 6.10 Å². The van der Waals surface area contributed by atoms with Crippen molar-refractivity contribution in [2.45, 2.75) is 39.2 Å². The molecule has 5 heteroatoms. The van der Waals surface area contributed by atoms with Crippen LogP contribution in [0.2, 0.25) is 0 Å². The van der Waals surface area contributed by atoms with E-state index in [2.05, 4.69) is 19.2 Å². The van der Waals surface area contributed by atoms with Crippen LogP contribution in [0.3, 0.4) is 0 Å². The summed E-state index contributed by atoms with van der Waals surface area (Å²) in [5, 5.41) is 3.21. The molecule has 18 heavy (non-hydrogen) atoms. The van der Waals surface area contributed by atoms with Crippen molar-refractivity contribution >= 4 is 18.3 Å². The molecule has 2 aliphatic heterocycles. The lowest BCUT2D eigenvalue weighted by molar-refractivity contribution is -0.145. The Morgan fingerprint density at radius 1 is 1.33 bits per heavy atom. The lowest BCUT2D eigenvalue weighted by Crippen LogP contribution is -2.49. The Bertz CT molecular complexity index is 278. The lowest BCUT2D eigenvalue weighted by Gasteiger charge is -2.29. The number of hydrogen-bond acceptors (Lipinski definition) is 3. The van der Waals surface area contributed by atoms with E-state index in [1.165, 1.54) is 6.42 Å². The van der Waals surface area contributed by atoms with Crippen LogP contribution in [0.15, 0.2) is 0 Å². The van der Waals surface area contributed by atoms with Gasteiger partial charge in [-0.2, -0.15) is 0 Å². The summed E-state index contributed by atoms with van der Waals surface area (Å²) in [6.07, 6.45) is 3.16. The molecule has 2 saturated heterocycles. The topological polar surface area (TPSA) is 41.6 Å². The molecule has 0 saturated carbocycles. The summed E-state index contributed by atoms with van der Waals surface area (Å²) >= 11 is 0. The van der Waals surface area contributed by atoms with Crippen LogP contribution in [0.25, 0.3) is 0 Å². The monoisotopic (exact) mass is 276 g/mol. The van der Waals surface area contributed by atoms with Gasteiger partial charge in [0.2, 0.25) is 0 Å². The standard InChI is InChI=1S/C13H24N2O2.ClH/c1-13(2)4-3-7-15(8-5-13)12(16)11-10-14-6-9-17-11;/h11,14H,3-10H2,1-2H3;1H. The molecule has 1 N–H and O–H groups in total. The number of nitrogens with zero attached hydrogens (tertiary/aromatic N) is 1. The highest BCUT2D eigenvalue weighted by molar-refractivity contribution is 5.85. The van der Waals surface area contributed by atoms with Gasteiger partial charge in [-0.1, -0.05) is 13.8 Å². The van der Waals surface area contributed by atoms with Gasteiger partial charge in [-0.3, -0.25) is 4.79 Å². The number of rotatable bonds is 1. The first kappa shape index (κ1) is 15.7. The van der Waals surface area contributed by atoms with E-state index in [1.807, 2.05) is 4.90 Å². The minimum absolute atomic E-state index is 0. The Morgan fingerprint density at radius 3 is 2.78 bits per heavy atom. The Kier molecular flexibility index (Phi) is 5.89. The molecular weight excluding hydrogens is 252 g/mol. The number of hydrogen-bond donors (Lipinski definition) is 1. The van der Waals surface area contributed by atoms with Crippen molar-refractivity contribution in [1.29, 1.82) is 0 Å². The maximum Gasteiger partial charge on any atom is 0.253 e. The number of likely N-dealkylation sites (tertiary alicyclic amines) is 1. The van der Waals surface area contributed by atoms with E-state index < -0.39 is 0 Å². The first-order valence-corrected chi connectivity index (χ1v) is 6.70. The summed E-state index contributed by atoms with van der Waals surface area (Å²) in [6, 6.07) is 0. The Hall–Kier alpha value is -0.320. The minimum atomic E-state index is -0.259. The van der Waals surface area contributed by atoms with E-state index >= 15 is 0 Å². The quantitative estimate of drug-likeness (QED) is 0.788. The van der Waals surface area contributed by atoms with E-state index in [1.54, 1.807) is 0 Å². The fourth-order valence-electron chi connectivity index (χ4n) is 2.57. The number of morpholine rings is 1. The molecule has 1 atom stereocenters. The fourth-order valence-corrected chi connectivity index (χ4v) is 2.57. The normalized spacial score (nSPS) is 28.1. The molecule has 2 heterocycles. The molecule has 1 amide bonds. The second-order valence-corrected chi connectivity index (χ2v) is 5.91. The van der Waals surface area contributed by atoms with Crippen LogP contribution in [0.5, 0.6) is 0 Å². The smallest absolute Gasteiger partial charge is 0.253 e. The molecule has 0 spiro atoms. The third kappa shape index (κ3) is 4.11. The van der Waals surface area contributed by atoms with E-state index in [4.69, 9.17) is 4.74 Å². The molecule has 0 aromatic rings. The molecule has 1 unspecified atom stereocenters. The zero-order valence-electron chi connectivity index (χ0n) is 11.4. The molecule has 0 radical (unpaired) electrons. The van der Waals surface area contributed by atoms with Gasteiger partial charge < -0.3 is 15.0 Å². The largest absolute Gasteiger partial charge is 0.366 e. The van der Waals surface area contributed by atoms with Crippen LogP contribution < -0.4 is 5.32 Å². The lowest BCUT2D eigenvalue weighted by atomic mass is 9.85. The van der Waals surface area contributed by atoms with Crippen LogP contribution in [0.4, 0.5) is 0 Å². The highest BCUT2D eigenvalue weighted by Gasteiger charge is 2.30. The first-order valence-electron chi connectivity index (χ1n) is 6.70. The van der Waals surface area contributed by atoms with Gasteiger partial charge in [0, 0.05) is 26.2 Å². The highest BCUT2D eigenvalue weighted by atomic mass is 35.5. The number of ether oxygens (including phenoxy) is 1. The molecule has 0 aromatic carbocycles. The van der Waals surface area contributed by atoms with Gasteiger partial charge in [-0.15, -0.1) is 12.4 Å². The predicted molar refractivity (Wildman–Crippen MR) is 74.1 cm³/mol. The van der Waals surface area contributed by atoms with E-state index in [0.717, 1.165) is 32.5 Å². The van der Waals surface area contributed by atoms with Crippen molar-refractivity contribution in [3.63, 3.8) is 0 Å². The first-order chi connectivity index (χ1) is 8.08. The summed E-state index contributed by atoms with van der Waals surface area (Å²) < 4.78 is 5.53. The highest BCUT2D eigenvalue weighted by Crippen LogP contribution is 2.30. The second kappa shape index (κ2) is 6.73. The summed E-state index contributed by atoms with van der Waals surface area (Å²) in [6.45, 7) is 8.53. The third-order valence-corrected chi connectivity index (χ3v) is 3.85. The van der Waals surface area contributed by atoms with Crippen molar-refractivity contribution in [3.8, 4) is 0 Å². The number of carbonyl (C=O) groups excluding carboxylic acids is 1. The molecule has 2 aliphatic rings. The van der Waals surface area contributed by atoms with Crippen LogP contribution in [-0.2, 0) is 9.53 Å². The maximum absolute atomic E-state index is 12.3.